The summed E-state index contributed by atoms with van der Waals surface area (Å²) < 4.78 is 13.7. The van der Waals surface area contributed by atoms with Gasteiger partial charge in [0, 0.05) is 11.9 Å². The molecule has 0 bridgehead atoms. The van der Waals surface area contributed by atoms with E-state index in [2.05, 4.69) is 32.7 Å². The van der Waals surface area contributed by atoms with Gasteiger partial charge in [-0.05, 0) is 50.1 Å². The topological polar surface area (TPSA) is 66.9 Å². The van der Waals surface area contributed by atoms with Gasteiger partial charge in [0.05, 0.1) is 5.69 Å². The zero-order chi connectivity index (χ0) is 18.7. The van der Waals surface area contributed by atoms with E-state index in [0.717, 1.165) is 16.8 Å². The van der Waals surface area contributed by atoms with Crippen LogP contribution in [-0.2, 0) is 0 Å². The van der Waals surface area contributed by atoms with E-state index in [1.54, 1.807) is 12.1 Å². The average Bonchev–Trinajstić information content (AvgIpc) is 2.60. The molecule has 2 aromatic carbocycles. The van der Waals surface area contributed by atoms with E-state index in [-0.39, 0.29) is 11.4 Å². The molecule has 0 spiro atoms. The van der Waals surface area contributed by atoms with Gasteiger partial charge < -0.3 is 10.6 Å². The zero-order valence-electron chi connectivity index (χ0n) is 14.8. The number of aryl methyl sites for hydroxylation is 3. The Balaban J connectivity index is 1.83. The van der Waals surface area contributed by atoms with Crippen molar-refractivity contribution < 1.29 is 9.18 Å². The number of hydrogen-bond donors (Lipinski definition) is 2. The molecule has 3 rings (SSSR count). The maximum absolute atomic E-state index is 13.7. The number of benzene rings is 2. The van der Waals surface area contributed by atoms with Crippen molar-refractivity contribution in [3.8, 4) is 0 Å². The first-order valence-corrected chi connectivity index (χ1v) is 8.18. The SMILES string of the molecule is Cc1cc(C)c(Nc2nccc(C(=O)Nc3ccccc3F)n2)c(C)c1. The summed E-state index contributed by atoms with van der Waals surface area (Å²) in [5.74, 6) is -0.696. The van der Waals surface area contributed by atoms with Crippen LogP contribution in [0.1, 0.15) is 27.2 Å². The predicted octanol–water partition coefficient (Wildman–Crippen LogP) is 4.54. The molecule has 0 fully saturated rings. The van der Waals surface area contributed by atoms with Gasteiger partial charge in [-0.3, -0.25) is 4.79 Å². The molecule has 1 aromatic heterocycles. The highest BCUT2D eigenvalue weighted by atomic mass is 19.1. The molecule has 3 aromatic rings. The molecule has 0 aliphatic heterocycles. The summed E-state index contributed by atoms with van der Waals surface area (Å²) in [7, 11) is 0. The molecule has 0 aliphatic rings. The largest absolute Gasteiger partial charge is 0.324 e. The van der Waals surface area contributed by atoms with Crippen molar-refractivity contribution in [2.45, 2.75) is 20.8 Å². The van der Waals surface area contributed by atoms with Gasteiger partial charge >= 0.3 is 0 Å². The lowest BCUT2D eigenvalue weighted by atomic mass is 10.1. The average molecular weight is 350 g/mol. The number of para-hydroxylation sites is 1. The first-order valence-electron chi connectivity index (χ1n) is 8.18. The van der Waals surface area contributed by atoms with Crippen LogP contribution in [0.5, 0.6) is 0 Å². The van der Waals surface area contributed by atoms with Crippen molar-refractivity contribution in [3.05, 3.63) is 76.9 Å². The maximum atomic E-state index is 13.7. The molecule has 0 saturated heterocycles. The van der Waals surface area contributed by atoms with Crippen molar-refractivity contribution >= 4 is 23.2 Å². The minimum absolute atomic E-state index is 0.107. The molecule has 132 valence electrons. The third kappa shape index (κ3) is 3.85. The highest BCUT2D eigenvalue weighted by molar-refractivity contribution is 6.03. The fourth-order valence-corrected chi connectivity index (χ4v) is 2.78. The number of rotatable bonds is 4. The smallest absolute Gasteiger partial charge is 0.274 e. The summed E-state index contributed by atoms with van der Waals surface area (Å²) >= 11 is 0. The van der Waals surface area contributed by atoms with Crippen LogP contribution >= 0.6 is 0 Å². The number of aromatic nitrogens is 2. The Labute approximate surface area is 151 Å². The molecule has 1 amide bonds. The van der Waals surface area contributed by atoms with E-state index in [1.807, 2.05) is 20.8 Å². The maximum Gasteiger partial charge on any atom is 0.274 e. The normalized spacial score (nSPS) is 10.5. The number of anilines is 3. The van der Waals surface area contributed by atoms with Crippen LogP contribution < -0.4 is 10.6 Å². The van der Waals surface area contributed by atoms with Gasteiger partial charge in [0.15, 0.2) is 0 Å². The third-order valence-corrected chi connectivity index (χ3v) is 3.92. The highest BCUT2D eigenvalue weighted by Crippen LogP contribution is 2.24. The standard InChI is InChI=1S/C20H19FN4O/c1-12-10-13(2)18(14(3)11-12)25-20-22-9-8-17(24-20)19(26)23-16-7-5-4-6-15(16)21/h4-11H,1-3H3,(H,23,26)(H,22,24,25). The zero-order valence-corrected chi connectivity index (χ0v) is 14.8. The number of carbonyl (C=O) groups is 1. The van der Waals surface area contributed by atoms with E-state index in [4.69, 9.17) is 0 Å². The molecule has 0 unspecified atom stereocenters. The summed E-state index contributed by atoms with van der Waals surface area (Å²) in [6, 6.07) is 11.6. The van der Waals surface area contributed by atoms with Crippen molar-refractivity contribution in [1.29, 1.82) is 0 Å². The van der Waals surface area contributed by atoms with Gasteiger partial charge in [-0.1, -0.05) is 29.8 Å². The highest BCUT2D eigenvalue weighted by Gasteiger charge is 2.12. The molecule has 1 heterocycles. The molecule has 6 heteroatoms. The monoisotopic (exact) mass is 350 g/mol. The Morgan fingerprint density at radius 1 is 1.04 bits per heavy atom. The molecule has 0 atom stereocenters. The van der Waals surface area contributed by atoms with Crippen molar-refractivity contribution in [2.24, 2.45) is 0 Å². The molecular weight excluding hydrogens is 331 g/mol. The van der Waals surface area contributed by atoms with E-state index >= 15 is 0 Å². The number of amides is 1. The lowest BCUT2D eigenvalue weighted by Crippen LogP contribution is -2.15. The molecule has 0 saturated carbocycles. The van der Waals surface area contributed by atoms with Gasteiger partial charge in [0.2, 0.25) is 5.95 Å². The molecule has 0 aliphatic carbocycles. The second-order valence-electron chi connectivity index (χ2n) is 6.10. The van der Waals surface area contributed by atoms with Gasteiger partial charge in [-0.2, -0.15) is 0 Å². The van der Waals surface area contributed by atoms with Crippen LogP contribution in [0.4, 0.5) is 21.7 Å². The van der Waals surface area contributed by atoms with Gasteiger partial charge in [-0.25, -0.2) is 14.4 Å². The Kier molecular flexibility index (Phi) is 4.93. The Morgan fingerprint density at radius 2 is 1.73 bits per heavy atom. The molecular formula is C20H19FN4O. The fourth-order valence-electron chi connectivity index (χ4n) is 2.78. The summed E-state index contributed by atoms with van der Waals surface area (Å²) in [5, 5.41) is 5.68. The molecule has 2 N–H and O–H groups in total. The quantitative estimate of drug-likeness (QED) is 0.725. The van der Waals surface area contributed by atoms with Gasteiger partial charge in [0.25, 0.3) is 5.91 Å². The van der Waals surface area contributed by atoms with Crippen LogP contribution in [0.3, 0.4) is 0 Å². The second kappa shape index (κ2) is 7.31. The number of carbonyl (C=O) groups excluding carboxylic acids is 1. The number of nitrogens with zero attached hydrogens (tertiary/aromatic N) is 2. The van der Waals surface area contributed by atoms with E-state index < -0.39 is 11.7 Å². The van der Waals surface area contributed by atoms with Crippen LogP contribution in [0.15, 0.2) is 48.7 Å². The first-order chi connectivity index (χ1) is 12.4. The van der Waals surface area contributed by atoms with Gasteiger partial charge in [-0.15, -0.1) is 0 Å². The lowest BCUT2D eigenvalue weighted by molar-refractivity contribution is 0.102. The first kappa shape index (κ1) is 17.5. The number of halogens is 1. The minimum Gasteiger partial charge on any atom is -0.324 e. The van der Waals surface area contributed by atoms with Crippen LogP contribution in [-0.4, -0.2) is 15.9 Å². The van der Waals surface area contributed by atoms with E-state index in [0.29, 0.717) is 5.95 Å². The number of hydrogen-bond acceptors (Lipinski definition) is 4. The van der Waals surface area contributed by atoms with Crippen LogP contribution in [0.25, 0.3) is 0 Å². The number of nitrogens with one attached hydrogen (secondary N) is 2. The molecule has 26 heavy (non-hydrogen) atoms. The fraction of sp³-hybridized carbons (Fsp3) is 0.150. The Hall–Kier alpha value is -3.28. The molecule has 0 radical (unpaired) electrons. The summed E-state index contributed by atoms with van der Waals surface area (Å²) in [5.41, 5.74) is 4.45. The summed E-state index contributed by atoms with van der Waals surface area (Å²) in [6.45, 7) is 6.03. The lowest BCUT2D eigenvalue weighted by Gasteiger charge is -2.13. The van der Waals surface area contributed by atoms with Crippen molar-refractivity contribution in [2.75, 3.05) is 10.6 Å². The molecule has 5 nitrogen and oxygen atoms in total. The van der Waals surface area contributed by atoms with Crippen LogP contribution in [0, 0.1) is 26.6 Å². The minimum atomic E-state index is -0.502. The van der Waals surface area contributed by atoms with E-state index in [9.17, 15) is 9.18 Å². The third-order valence-electron chi connectivity index (χ3n) is 3.92. The Morgan fingerprint density at radius 3 is 2.42 bits per heavy atom. The summed E-state index contributed by atoms with van der Waals surface area (Å²) in [6.07, 6.45) is 1.49. The second-order valence-corrected chi connectivity index (χ2v) is 6.10. The van der Waals surface area contributed by atoms with Crippen LogP contribution in [0.2, 0.25) is 0 Å². The van der Waals surface area contributed by atoms with Crippen molar-refractivity contribution in [3.63, 3.8) is 0 Å². The van der Waals surface area contributed by atoms with Crippen molar-refractivity contribution in [1.82, 2.24) is 9.97 Å². The Bertz CT molecular complexity index is 949. The summed E-state index contributed by atoms with van der Waals surface area (Å²) in [4.78, 5) is 20.8. The van der Waals surface area contributed by atoms with Gasteiger partial charge in [0.1, 0.15) is 11.5 Å². The van der Waals surface area contributed by atoms with E-state index in [1.165, 1.54) is 30.0 Å². The predicted molar refractivity (Wildman–Crippen MR) is 100 cm³/mol.